The Bertz CT molecular complexity index is 885. The molecule has 2 nitrogen and oxygen atoms in total. The second kappa shape index (κ2) is 7.43. The minimum absolute atomic E-state index is 0.0376. The van der Waals surface area contributed by atoms with Crippen molar-refractivity contribution in [3.63, 3.8) is 0 Å². The van der Waals surface area contributed by atoms with Gasteiger partial charge in [0, 0.05) is 17.8 Å². The van der Waals surface area contributed by atoms with Crippen molar-refractivity contribution in [2.45, 2.75) is 56.6 Å². The summed E-state index contributed by atoms with van der Waals surface area (Å²) in [6.45, 7) is 4.18. The SMILES string of the molecule is CCc1ccc(C2=C(Cl)SC(Cl)C2C)cc1C1C(=O)C2C3CCC(CC3)C2C1=O. The van der Waals surface area contributed by atoms with Gasteiger partial charge < -0.3 is 0 Å². The molecule has 4 unspecified atom stereocenters. The first-order chi connectivity index (χ1) is 13.9. The third kappa shape index (κ3) is 2.98. The van der Waals surface area contributed by atoms with Gasteiger partial charge in [-0.25, -0.2) is 0 Å². The van der Waals surface area contributed by atoms with E-state index in [4.69, 9.17) is 23.2 Å². The van der Waals surface area contributed by atoms with Crippen LogP contribution in [0.5, 0.6) is 0 Å². The smallest absolute Gasteiger partial charge is 0.151 e. The summed E-state index contributed by atoms with van der Waals surface area (Å²) in [4.78, 5) is 27.1. The molecule has 5 heteroatoms. The van der Waals surface area contributed by atoms with E-state index < -0.39 is 5.92 Å². The van der Waals surface area contributed by atoms with Gasteiger partial charge in [-0.1, -0.05) is 49.3 Å². The molecular formula is C24H26Cl2O2S. The molecule has 1 aromatic carbocycles. The number of hydrogen-bond acceptors (Lipinski definition) is 3. The number of hydrogen-bond donors (Lipinski definition) is 0. The molecule has 29 heavy (non-hydrogen) atoms. The summed E-state index contributed by atoms with van der Waals surface area (Å²) in [5.41, 5.74) is 4.06. The standard InChI is InChI=1S/C24H26Cl2O2S/c1-3-12-4-9-15(17-11(2)23(25)29-24(17)26)10-16(12)20-21(27)18-13-5-6-14(8-7-13)19(18)22(20)28/h4,9-11,13-14,18-20,23H,3,5-8H2,1-2H3. The second-order valence-electron chi connectivity index (χ2n) is 9.18. The quantitative estimate of drug-likeness (QED) is 0.396. The van der Waals surface area contributed by atoms with E-state index >= 15 is 0 Å². The van der Waals surface area contributed by atoms with Gasteiger partial charge in [0.2, 0.25) is 0 Å². The molecule has 6 rings (SSSR count). The highest BCUT2D eigenvalue weighted by Crippen LogP contribution is 2.56. The number of halogens is 2. The van der Waals surface area contributed by atoms with E-state index in [-0.39, 0.29) is 34.0 Å². The summed E-state index contributed by atoms with van der Waals surface area (Å²) in [5.74, 6) is 0.671. The summed E-state index contributed by atoms with van der Waals surface area (Å²) in [5, 5.41) is 0. The second-order valence-corrected chi connectivity index (χ2v) is 11.7. The Balaban J connectivity index is 1.58. The molecule has 4 saturated carbocycles. The van der Waals surface area contributed by atoms with Crippen LogP contribution in [-0.2, 0) is 16.0 Å². The van der Waals surface area contributed by atoms with E-state index in [9.17, 15) is 9.59 Å². The first-order valence-corrected chi connectivity index (χ1v) is 12.5. The molecule has 0 aromatic heterocycles. The van der Waals surface area contributed by atoms with Crippen molar-refractivity contribution < 1.29 is 9.59 Å². The summed E-state index contributed by atoms with van der Waals surface area (Å²) >= 11 is 14.4. The predicted octanol–water partition coefficient (Wildman–Crippen LogP) is 6.39. The first-order valence-electron chi connectivity index (χ1n) is 10.8. The van der Waals surface area contributed by atoms with Crippen molar-refractivity contribution in [1.82, 2.24) is 0 Å². The number of ketones is 2. The van der Waals surface area contributed by atoms with E-state index in [1.54, 1.807) is 0 Å². The third-order valence-corrected chi connectivity index (χ3v) is 10.0. The van der Waals surface area contributed by atoms with Crippen molar-refractivity contribution in [3.05, 3.63) is 39.3 Å². The largest absolute Gasteiger partial charge is 0.298 e. The lowest BCUT2D eigenvalue weighted by Gasteiger charge is -2.43. The Morgan fingerprint density at radius 3 is 2.10 bits per heavy atom. The number of rotatable bonds is 3. The number of carbonyl (C=O) groups is 2. The highest BCUT2D eigenvalue weighted by atomic mass is 35.5. The van der Waals surface area contributed by atoms with Gasteiger partial charge in [0.15, 0.2) is 11.6 Å². The molecule has 1 aliphatic heterocycles. The molecule has 2 bridgehead atoms. The van der Waals surface area contributed by atoms with Crippen LogP contribution in [-0.4, -0.2) is 16.3 Å². The molecule has 5 aliphatic rings. The number of benzene rings is 1. The minimum atomic E-state index is -0.586. The molecule has 4 atom stereocenters. The Labute approximate surface area is 186 Å². The highest BCUT2D eigenvalue weighted by Gasteiger charge is 2.59. The normalized spacial score (nSPS) is 38.8. The number of fused-ring (bicyclic) bond motifs is 2. The molecule has 0 spiro atoms. The monoisotopic (exact) mass is 448 g/mol. The molecule has 154 valence electrons. The third-order valence-electron chi connectivity index (χ3n) is 7.87. The average Bonchev–Trinajstić information content (AvgIpc) is 3.15. The average molecular weight is 449 g/mol. The lowest BCUT2D eigenvalue weighted by molar-refractivity contribution is -0.129. The van der Waals surface area contributed by atoms with Crippen LogP contribution in [0.3, 0.4) is 0 Å². The predicted molar refractivity (Wildman–Crippen MR) is 120 cm³/mol. The lowest BCUT2D eigenvalue weighted by atomic mass is 9.59. The minimum Gasteiger partial charge on any atom is -0.298 e. The number of allylic oxidation sites excluding steroid dienone is 1. The molecule has 0 radical (unpaired) electrons. The zero-order valence-electron chi connectivity index (χ0n) is 16.8. The maximum Gasteiger partial charge on any atom is 0.151 e. The number of aryl methyl sites for hydroxylation is 1. The van der Waals surface area contributed by atoms with E-state index in [1.807, 2.05) is 0 Å². The van der Waals surface area contributed by atoms with Gasteiger partial charge in [-0.3, -0.25) is 9.59 Å². The van der Waals surface area contributed by atoms with Crippen molar-refractivity contribution in [2.24, 2.45) is 29.6 Å². The highest BCUT2D eigenvalue weighted by molar-refractivity contribution is 8.06. The Morgan fingerprint density at radius 2 is 1.62 bits per heavy atom. The zero-order chi connectivity index (χ0) is 20.4. The molecule has 4 aliphatic carbocycles. The molecule has 4 fully saturated rings. The van der Waals surface area contributed by atoms with Crippen LogP contribution in [0.4, 0.5) is 0 Å². The van der Waals surface area contributed by atoms with Crippen LogP contribution in [0.15, 0.2) is 22.6 Å². The van der Waals surface area contributed by atoms with E-state index in [0.29, 0.717) is 11.8 Å². The topological polar surface area (TPSA) is 34.1 Å². The van der Waals surface area contributed by atoms with Gasteiger partial charge in [0.1, 0.15) is 5.92 Å². The van der Waals surface area contributed by atoms with Crippen LogP contribution in [0, 0.1) is 29.6 Å². The molecule has 1 heterocycles. The molecule has 0 amide bonds. The fourth-order valence-electron chi connectivity index (χ4n) is 6.40. The number of thioether (sulfide) groups is 1. The van der Waals surface area contributed by atoms with Crippen LogP contribution in [0.2, 0.25) is 0 Å². The van der Waals surface area contributed by atoms with Gasteiger partial charge >= 0.3 is 0 Å². The van der Waals surface area contributed by atoms with Gasteiger partial charge in [0.25, 0.3) is 0 Å². The van der Waals surface area contributed by atoms with E-state index in [1.165, 1.54) is 11.8 Å². The number of Topliss-reactive ketones (excluding diaryl/α,β-unsaturated/α-hetero) is 2. The van der Waals surface area contributed by atoms with Crippen LogP contribution >= 0.6 is 35.0 Å². The molecule has 1 aromatic rings. The van der Waals surface area contributed by atoms with Gasteiger partial charge in [0.05, 0.1) is 9.07 Å². The molecule has 0 saturated heterocycles. The first kappa shape index (κ1) is 20.2. The maximum absolute atomic E-state index is 13.5. The summed E-state index contributed by atoms with van der Waals surface area (Å²) in [7, 11) is 0. The Hall–Kier alpha value is -0.770. The summed E-state index contributed by atoms with van der Waals surface area (Å²) < 4.78 is 0.642. The molecular weight excluding hydrogens is 423 g/mol. The number of carbonyl (C=O) groups excluding carboxylic acids is 2. The van der Waals surface area contributed by atoms with Crippen LogP contribution in [0.25, 0.3) is 5.57 Å². The van der Waals surface area contributed by atoms with Crippen molar-refractivity contribution in [3.8, 4) is 0 Å². The van der Waals surface area contributed by atoms with Crippen LogP contribution in [0.1, 0.15) is 62.1 Å². The van der Waals surface area contributed by atoms with Gasteiger partial charge in [-0.05, 0) is 72.3 Å². The maximum atomic E-state index is 13.5. The van der Waals surface area contributed by atoms with Crippen molar-refractivity contribution in [2.75, 3.05) is 0 Å². The van der Waals surface area contributed by atoms with Gasteiger partial charge in [-0.2, -0.15) is 0 Å². The van der Waals surface area contributed by atoms with E-state index in [0.717, 1.165) is 58.7 Å². The fourth-order valence-corrected chi connectivity index (χ4v) is 8.47. The zero-order valence-corrected chi connectivity index (χ0v) is 19.1. The summed E-state index contributed by atoms with van der Waals surface area (Å²) in [6.07, 6.45) is 5.28. The summed E-state index contributed by atoms with van der Waals surface area (Å²) in [6, 6.07) is 6.23. The Kier molecular flexibility index (Phi) is 5.16. The van der Waals surface area contributed by atoms with Gasteiger partial charge in [-0.15, -0.1) is 11.6 Å². The molecule has 0 N–H and O–H groups in total. The van der Waals surface area contributed by atoms with E-state index in [2.05, 4.69) is 32.0 Å². The van der Waals surface area contributed by atoms with Crippen molar-refractivity contribution >= 4 is 52.1 Å². The Morgan fingerprint density at radius 1 is 1.03 bits per heavy atom. The fraction of sp³-hybridized carbons (Fsp3) is 0.583. The number of alkyl halides is 1. The van der Waals surface area contributed by atoms with Crippen LogP contribution < -0.4 is 0 Å². The lowest BCUT2D eigenvalue weighted by Crippen LogP contribution is -2.41. The van der Waals surface area contributed by atoms with Crippen molar-refractivity contribution in [1.29, 1.82) is 0 Å².